The summed E-state index contributed by atoms with van der Waals surface area (Å²) in [6.07, 6.45) is 1.08. The molecule has 1 N–H and O–H groups in total. The fraction of sp³-hybridized carbons (Fsp3) is 0.647. The number of ether oxygens (including phenoxy) is 3. The van der Waals surface area contributed by atoms with E-state index in [-0.39, 0.29) is 0 Å². The van der Waals surface area contributed by atoms with E-state index in [1.165, 1.54) is 5.56 Å². The molecule has 1 unspecified atom stereocenters. The van der Waals surface area contributed by atoms with Crippen molar-refractivity contribution in [3.8, 4) is 11.5 Å². The van der Waals surface area contributed by atoms with Crippen molar-refractivity contribution in [3.05, 3.63) is 23.8 Å². The average molecular weight is 293 g/mol. The Morgan fingerprint density at radius 3 is 2.86 bits per heavy atom. The van der Waals surface area contributed by atoms with Crippen LogP contribution in [-0.4, -0.2) is 33.5 Å². The zero-order chi connectivity index (χ0) is 15.1. The van der Waals surface area contributed by atoms with E-state index in [0.29, 0.717) is 18.4 Å². The molecule has 1 aliphatic rings. The second-order valence-corrected chi connectivity index (χ2v) is 6.05. The molecule has 118 valence electrons. The summed E-state index contributed by atoms with van der Waals surface area (Å²) >= 11 is 0. The lowest BCUT2D eigenvalue weighted by Crippen LogP contribution is -2.19. The van der Waals surface area contributed by atoms with Crippen molar-refractivity contribution in [1.29, 1.82) is 0 Å². The van der Waals surface area contributed by atoms with Crippen LogP contribution in [0.25, 0.3) is 0 Å². The van der Waals surface area contributed by atoms with Crippen molar-refractivity contribution in [3.63, 3.8) is 0 Å². The molecule has 1 saturated heterocycles. The first-order valence-corrected chi connectivity index (χ1v) is 7.77. The normalized spacial score (nSPS) is 18.2. The minimum absolute atomic E-state index is 0.498. The molecule has 0 amide bonds. The first kappa shape index (κ1) is 16.1. The Hall–Kier alpha value is -1.26. The van der Waals surface area contributed by atoms with Gasteiger partial charge in [-0.1, -0.05) is 19.9 Å². The lowest BCUT2D eigenvalue weighted by atomic mass is 10.1. The summed E-state index contributed by atoms with van der Waals surface area (Å²) in [6.45, 7) is 8.63. The molecule has 0 bridgehead atoms. The highest BCUT2D eigenvalue weighted by atomic mass is 16.5. The molecule has 1 aromatic rings. The Bertz CT molecular complexity index is 428. The van der Waals surface area contributed by atoms with Crippen molar-refractivity contribution in [2.75, 3.05) is 33.5 Å². The van der Waals surface area contributed by atoms with Crippen LogP contribution in [0.3, 0.4) is 0 Å². The van der Waals surface area contributed by atoms with E-state index in [9.17, 15) is 0 Å². The Morgan fingerprint density at radius 1 is 1.33 bits per heavy atom. The third-order valence-electron chi connectivity index (χ3n) is 3.61. The van der Waals surface area contributed by atoms with E-state index in [4.69, 9.17) is 14.2 Å². The molecule has 0 saturated carbocycles. The molecule has 4 nitrogen and oxygen atoms in total. The number of methoxy groups -OCH3 is 1. The van der Waals surface area contributed by atoms with Crippen LogP contribution >= 0.6 is 0 Å². The molecule has 0 spiro atoms. The molecular formula is C17H27NO3. The maximum atomic E-state index is 5.95. The van der Waals surface area contributed by atoms with Gasteiger partial charge >= 0.3 is 0 Å². The number of hydrogen-bond acceptors (Lipinski definition) is 4. The van der Waals surface area contributed by atoms with Gasteiger partial charge in [-0.2, -0.15) is 0 Å². The fourth-order valence-electron chi connectivity index (χ4n) is 2.37. The molecule has 1 heterocycles. The standard InChI is InChI=1S/C17H27NO3/c1-13(2)9-18-10-14-4-5-16(19-3)17(8-14)21-12-15-6-7-20-11-15/h4-5,8,13,15,18H,6-7,9-12H2,1-3H3. The van der Waals surface area contributed by atoms with Gasteiger partial charge in [0.25, 0.3) is 0 Å². The van der Waals surface area contributed by atoms with Gasteiger partial charge in [-0.25, -0.2) is 0 Å². The lowest BCUT2D eigenvalue weighted by molar-refractivity contribution is 0.165. The van der Waals surface area contributed by atoms with Gasteiger partial charge in [0.1, 0.15) is 0 Å². The second-order valence-electron chi connectivity index (χ2n) is 6.05. The first-order valence-electron chi connectivity index (χ1n) is 7.77. The number of rotatable bonds is 8. The Morgan fingerprint density at radius 2 is 2.19 bits per heavy atom. The van der Waals surface area contributed by atoms with Crippen LogP contribution in [0.15, 0.2) is 18.2 Å². The van der Waals surface area contributed by atoms with E-state index in [1.54, 1.807) is 7.11 Å². The van der Waals surface area contributed by atoms with Gasteiger partial charge in [-0.3, -0.25) is 0 Å². The summed E-state index contributed by atoms with van der Waals surface area (Å²) in [5.74, 6) is 2.77. The Balaban J connectivity index is 1.92. The predicted octanol–water partition coefficient (Wildman–Crippen LogP) is 2.86. The first-order chi connectivity index (χ1) is 10.2. The molecular weight excluding hydrogens is 266 g/mol. The van der Waals surface area contributed by atoms with Gasteiger partial charge in [-0.05, 0) is 36.6 Å². The van der Waals surface area contributed by atoms with E-state index in [0.717, 1.165) is 44.2 Å². The van der Waals surface area contributed by atoms with Crippen molar-refractivity contribution in [1.82, 2.24) is 5.32 Å². The minimum atomic E-state index is 0.498. The van der Waals surface area contributed by atoms with Crippen molar-refractivity contribution >= 4 is 0 Å². The molecule has 1 aromatic carbocycles. The molecule has 4 heteroatoms. The van der Waals surface area contributed by atoms with Crippen LogP contribution in [0.2, 0.25) is 0 Å². The molecule has 1 atom stereocenters. The summed E-state index contributed by atoms with van der Waals surface area (Å²) in [7, 11) is 1.68. The van der Waals surface area contributed by atoms with Crippen LogP contribution in [0.4, 0.5) is 0 Å². The summed E-state index contributed by atoms with van der Waals surface area (Å²) in [4.78, 5) is 0. The van der Waals surface area contributed by atoms with Gasteiger partial charge in [-0.15, -0.1) is 0 Å². The Labute approximate surface area is 127 Å². The largest absolute Gasteiger partial charge is 0.493 e. The number of benzene rings is 1. The van der Waals surface area contributed by atoms with Gasteiger partial charge in [0.2, 0.25) is 0 Å². The summed E-state index contributed by atoms with van der Waals surface area (Å²) < 4.78 is 16.7. The highest BCUT2D eigenvalue weighted by molar-refractivity contribution is 5.43. The predicted molar refractivity (Wildman–Crippen MR) is 84.0 cm³/mol. The fourth-order valence-corrected chi connectivity index (χ4v) is 2.37. The maximum Gasteiger partial charge on any atom is 0.161 e. The zero-order valence-electron chi connectivity index (χ0n) is 13.4. The molecule has 0 radical (unpaired) electrons. The van der Waals surface area contributed by atoms with E-state index in [1.807, 2.05) is 6.07 Å². The van der Waals surface area contributed by atoms with Crippen molar-refractivity contribution < 1.29 is 14.2 Å². The lowest BCUT2D eigenvalue weighted by Gasteiger charge is -2.15. The summed E-state index contributed by atoms with van der Waals surface area (Å²) in [5.41, 5.74) is 1.22. The maximum absolute atomic E-state index is 5.95. The van der Waals surface area contributed by atoms with Crippen LogP contribution < -0.4 is 14.8 Å². The third kappa shape index (κ3) is 5.21. The number of hydrogen-bond donors (Lipinski definition) is 1. The molecule has 2 rings (SSSR count). The number of nitrogens with one attached hydrogen (secondary N) is 1. The quantitative estimate of drug-likeness (QED) is 0.800. The molecule has 1 fully saturated rings. The molecule has 21 heavy (non-hydrogen) atoms. The molecule has 1 aliphatic heterocycles. The van der Waals surface area contributed by atoms with Crippen LogP contribution in [0, 0.1) is 11.8 Å². The van der Waals surface area contributed by atoms with Crippen LogP contribution in [0.5, 0.6) is 11.5 Å². The topological polar surface area (TPSA) is 39.7 Å². The zero-order valence-corrected chi connectivity index (χ0v) is 13.4. The minimum Gasteiger partial charge on any atom is -0.493 e. The van der Waals surface area contributed by atoms with Gasteiger partial charge < -0.3 is 19.5 Å². The van der Waals surface area contributed by atoms with Gasteiger partial charge in [0.05, 0.1) is 20.3 Å². The highest BCUT2D eigenvalue weighted by Gasteiger charge is 2.17. The van der Waals surface area contributed by atoms with Crippen molar-refractivity contribution in [2.24, 2.45) is 11.8 Å². The smallest absolute Gasteiger partial charge is 0.161 e. The molecule has 0 aliphatic carbocycles. The second kappa shape index (κ2) is 8.25. The average Bonchev–Trinajstić information content (AvgIpc) is 2.98. The van der Waals surface area contributed by atoms with Gasteiger partial charge in [0, 0.05) is 19.1 Å². The van der Waals surface area contributed by atoms with Crippen LogP contribution in [-0.2, 0) is 11.3 Å². The third-order valence-corrected chi connectivity index (χ3v) is 3.61. The summed E-state index contributed by atoms with van der Waals surface area (Å²) in [6, 6.07) is 6.13. The van der Waals surface area contributed by atoms with Crippen LogP contribution in [0.1, 0.15) is 25.8 Å². The van der Waals surface area contributed by atoms with Gasteiger partial charge in [0.15, 0.2) is 11.5 Å². The SMILES string of the molecule is COc1ccc(CNCC(C)C)cc1OCC1CCOC1. The van der Waals surface area contributed by atoms with Crippen molar-refractivity contribution in [2.45, 2.75) is 26.8 Å². The monoisotopic (exact) mass is 293 g/mol. The van der Waals surface area contributed by atoms with E-state index >= 15 is 0 Å². The summed E-state index contributed by atoms with van der Waals surface area (Å²) in [5, 5.41) is 3.45. The molecule has 0 aromatic heterocycles. The van der Waals surface area contributed by atoms with E-state index in [2.05, 4.69) is 31.3 Å². The Kier molecular flexibility index (Phi) is 6.33. The van der Waals surface area contributed by atoms with E-state index < -0.39 is 0 Å². The highest BCUT2D eigenvalue weighted by Crippen LogP contribution is 2.29.